The molecule has 5 nitrogen and oxygen atoms in total. The number of esters is 1. The van der Waals surface area contributed by atoms with Crippen molar-refractivity contribution >= 4 is 28.9 Å². The summed E-state index contributed by atoms with van der Waals surface area (Å²) in [7, 11) is 3.27. The molecule has 1 rings (SSSR count). The van der Waals surface area contributed by atoms with Gasteiger partial charge in [0.15, 0.2) is 0 Å². The maximum atomic E-state index is 11.2. The highest BCUT2D eigenvalue weighted by atomic mass is 32.1. The molecule has 0 atom stereocenters. The van der Waals surface area contributed by atoms with E-state index in [-0.39, 0.29) is 5.97 Å². The quantitative estimate of drug-likeness (QED) is 0.649. The average molecular weight is 281 g/mol. The summed E-state index contributed by atoms with van der Waals surface area (Å²) in [5.74, 6) is -0.244. The maximum absolute atomic E-state index is 11.2. The van der Waals surface area contributed by atoms with E-state index in [0.717, 1.165) is 22.6 Å². The number of rotatable bonds is 5. The Morgan fingerprint density at radius 2 is 2.16 bits per heavy atom. The van der Waals surface area contributed by atoms with Crippen molar-refractivity contribution < 1.29 is 9.53 Å². The molecule has 0 saturated carbocycles. The van der Waals surface area contributed by atoms with Gasteiger partial charge in [-0.2, -0.15) is 0 Å². The summed E-state index contributed by atoms with van der Waals surface area (Å²) in [5.41, 5.74) is 9.09. The highest BCUT2D eigenvalue weighted by Gasteiger charge is 2.15. The molecule has 0 aliphatic rings. The second-order valence-corrected chi connectivity index (χ2v) is 4.79. The van der Waals surface area contributed by atoms with Gasteiger partial charge in [-0.25, -0.2) is 0 Å². The minimum atomic E-state index is -0.244. The van der Waals surface area contributed by atoms with Crippen LogP contribution >= 0.6 is 12.2 Å². The van der Waals surface area contributed by atoms with Gasteiger partial charge in [0, 0.05) is 25.0 Å². The van der Waals surface area contributed by atoms with Gasteiger partial charge in [-0.05, 0) is 19.9 Å². The van der Waals surface area contributed by atoms with Gasteiger partial charge >= 0.3 is 5.97 Å². The summed E-state index contributed by atoms with van der Waals surface area (Å²) in [6.07, 6.45) is 0.310. The molecule has 104 valence electrons. The van der Waals surface area contributed by atoms with Crippen LogP contribution in [0.4, 0.5) is 5.69 Å². The fourth-order valence-corrected chi connectivity index (χ4v) is 2.15. The lowest BCUT2D eigenvalue weighted by atomic mass is 10.1. The Balaban J connectivity index is 3.04. The van der Waals surface area contributed by atoms with E-state index in [4.69, 9.17) is 18.0 Å². The van der Waals surface area contributed by atoms with Gasteiger partial charge < -0.3 is 15.4 Å². The van der Waals surface area contributed by atoms with E-state index in [0.29, 0.717) is 18.0 Å². The Hall–Kier alpha value is -1.69. The lowest BCUT2D eigenvalue weighted by molar-refractivity contribution is -0.140. The van der Waals surface area contributed by atoms with Crippen LogP contribution in [0.5, 0.6) is 0 Å². The van der Waals surface area contributed by atoms with Gasteiger partial charge in [0.25, 0.3) is 0 Å². The summed E-state index contributed by atoms with van der Waals surface area (Å²) in [4.78, 5) is 17.8. The van der Waals surface area contributed by atoms with E-state index >= 15 is 0 Å². The van der Waals surface area contributed by atoms with E-state index in [9.17, 15) is 4.79 Å². The topological polar surface area (TPSA) is 68.5 Å². The van der Waals surface area contributed by atoms with E-state index < -0.39 is 0 Å². The molecule has 0 amide bonds. The number of thiocarbonyl (C=S) groups is 1. The maximum Gasteiger partial charge on any atom is 0.307 e. The normalized spacial score (nSPS) is 10.1. The van der Waals surface area contributed by atoms with Crippen molar-refractivity contribution in [2.75, 3.05) is 25.6 Å². The van der Waals surface area contributed by atoms with Crippen molar-refractivity contribution in [3.05, 3.63) is 23.0 Å². The number of carbonyl (C=O) groups excluding carboxylic acids is 1. The molecule has 0 saturated heterocycles. The first-order valence-corrected chi connectivity index (χ1v) is 6.33. The molecule has 0 aromatic carbocycles. The van der Waals surface area contributed by atoms with Crippen LogP contribution in [0.2, 0.25) is 0 Å². The van der Waals surface area contributed by atoms with Crippen LogP contribution in [0.25, 0.3) is 0 Å². The van der Waals surface area contributed by atoms with Crippen LogP contribution in [0, 0.1) is 13.8 Å². The first kappa shape index (κ1) is 15.4. The zero-order valence-corrected chi connectivity index (χ0v) is 12.5. The van der Waals surface area contributed by atoms with Crippen LogP contribution in [-0.2, 0) is 9.53 Å². The van der Waals surface area contributed by atoms with Crippen molar-refractivity contribution in [1.82, 2.24) is 4.98 Å². The molecular weight excluding hydrogens is 262 g/mol. The van der Waals surface area contributed by atoms with Gasteiger partial charge in [0.1, 0.15) is 4.99 Å². The van der Waals surface area contributed by atoms with Crippen molar-refractivity contribution in [2.45, 2.75) is 20.3 Å². The van der Waals surface area contributed by atoms with Crippen molar-refractivity contribution in [1.29, 1.82) is 0 Å². The molecule has 0 unspecified atom stereocenters. The lowest BCUT2D eigenvalue weighted by Gasteiger charge is -2.23. The molecular formula is C13H19N3O2S. The van der Waals surface area contributed by atoms with E-state index in [1.54, 1.807) is 0 Å². The number of pyridine rings is 1. The number of aromatic nitrogens is 1. The molecule has 0 spiro atoms. The first-order valence-electron chi connectivity index (χ1n) is 5.92. The molecule has 0 bridgehead atoms. The highest BCUT2D eigenvalue weighted by Crippen LogP contribution is 2.23. The summed E-state index contributed by atoms with van der Waals surface area (Å²) >= 11 is 5.08. The standard InChI is InChI=1S/C13H19N3O2S/c1-8-7-10(12(13(14)19)9(2)15-8)16(3)6-5-11(17)18-4/h7H,5-6H2,1-4H3,(H2,14,19). The zero-order chi connectivity index (χ0) is 14.6. The Labute approximate surface area is 118 Å². The number of ether oxygens (including phenoxy) is 1. The first-order chi connectivity index (χ1) is 8.86. The molecule has 0 fully saturated rings. The van der Waals surface area contributed by atoms with Crippen LogP contribution in [0.15, 0.2) is 6.07 Å². The number of carbonyl (C=O) groups is 1. The smallest absolute Gasteiger partial charge is 0.307 e. The number of nitrogens with two attached hydrogens (primary N) is 1. The Bertz CT molecular complexity index is 503. The third-order valence-electron chi connectivity index (χ3n) is 2.84. The molecule has 2 N–H and O–H groups in total. The van der Waals surface area contributed by atoms with Gasteiger partial charge in [0.2, 0.25) is 0 Å². The van der Waals surface area contributed by atoms with Crippen molar-refractivity contribution in [3.8, 4) is 0 Å². The van der Waals surface area contributed by atoms with Crippen LogP contribution < -0.4 is 10.6 Å². The Morgan fingerprint density at radius 1 is 1.53 bits per heavy atom. The molecule has 0 aliphatic heterocycles. The molecule has 1 aromatic heterocycles. The predicted molar refractivity (Wildman–Crippen MR) is 79.5 cm³/mol. The SMILES string of the molecule is COC(=O)CCN(C)c1cc(C)nc(C)c1C(N)=S. The van der Waals surface area contributed by atoms with Crippen LogP contribution in [-0.4, -0.2) is 36.6 Å². The Morgan fingerprint density at radius 3 is 2.68 bits per heavy atom. The minimum absolute atomic E-state index is 0.244. The van der Waals surface area contributed by atoms with Crippen molar-refractivity contribution in [3.63, 3.8) is 0 Å². The van der Waals surface area contributed by atoms with Crippen molar-refractivity contribution in [2.24, 2.45) is 5.73 Å². The summed E-state index contributed by atoms with van der Waals surface area (Å²) in [6, 6.07) is 1.92. The second kappa shape index (κ2) is 6.47. The van der Waals surface area contributed by atoms with E-state index in [1.807, 2.05) is 31.9 Å². The number of hydrogen-bond acceptors (Lipinski definition) is 5. The number of anilines is 1. The largest absolute Gasteiger partial charge is 0.469 e. The Kier molecular flexibility index (Phi) is 5.23. The summed E-state index contributed by atoms with van der Waals surface area (Å²) in [6.45, 7) is 4.32. The van der Waals surface area contributed by atoms with Gasteiger partial charge in [-0.15, -0.1) is 0 Å². The van der Waals surface area contributed by atoms with Gasteiger partial charge in [-0.3, -0.25) is 9.78 Å². The van der Waals surface area contributed by atoms with Crippen LogP contribution in [0.1, 0.15) is 23.4 Å². The fourth-order valence-electron chi connectivity index (χ4n) is 1.90. The minimum Gasteiger partial charge on any atom is -0.469 e. The van der Waals surface area contributed by atoms with Crippen LogP contribution in [0.3, 0.4) is 0 Å². The third kappa shape index (κ3) is 3.89. The molecule has 19 heavy (non-hydrogen) atoms. The van der Waals surface area contributed by atoms with E-state index in [2.05, 4.69) is 9.72 Å². The van der Waals surface area contributed by atoms with Gasteiger partial charge in [-0.1, -0.05) is 12.2 Å². The highest BCUT2D eigenvalue weighted by molar-refractivity contribution is 7.80. The van der Waals surface area contributed by atoms with Gasteiger partial charge in [0.05, 0.1) is 24.8 Å². The molecule has 1 aromatic rings. The predicted octanol–water partition coefficient (Wildman–Crippen LogP) is 1.33. The number of aryl methyl sites for hydroxylation is 2. The fraction of sp³-hybridized carbons (Fsp3) is 0.462. The molecule has 1 heterocycles. The monoisotopic (exact) mass is 281 g/mol. The summed E-state index contributed by atoms with van der Waals surface area (Å²) in [5, 5.41) is 0. The molecule has 0 radical (unpaired) electrons. The van der Waals surface area contributed by atoms with E-state index in [1.165, 1.54) is 7.11 Å². The number of nitrogens with zero attached hydrogens (tertiary/aromatic N) is 2. The number of methoxy groups -OCH3 is 1. The molecule has 0 aliphatic carbocycles. The zero-order valence-electron chi connectivity index (χ0n) is 11.7. The average Bonchev–Trinajstić information content (AvgIpc) is 2.33. The number of hydrogen-bond donors (Lipinski definition) is 1. The molecule has 6 heteroatoms. The second-order valence-electron chi connectivity index (χ2n) is 4.36. The third-order valence-corrected chi connectivity index (χ3v) is 3.05. The lowest BCUT2D eigenvalue weighted by Crippen LogP contribution is -2.26. The summed E-state index contributed by atoms with van der Waals surface area (Å²) < 4.78 is 4.63.